The van der Waals surface area contributed by atoms with Crippen LogP contribution in [0, 0.1) is 5.92 Å². The van der Waals surface area contributed by atoms with Crippen molar-refractivity contribution in [2.24, 2.45) is 5.92 Å². The zero-order valence-corrected chi connectivity index (χ0v) is 13.4. The Labute approximate surface area is 126 Å². The summed E-state index contributed by atoms with van der Waals surface area (Å²) in [5.41, 5.74) is -0.330. The van der Waals surface area contributed by atoms with Crippen LogP contribution in [0.5, 0.6) is 0 Å². The third-order valence-electron chi connectivity index (χ3n) is 5.07. The van der Waals surface area contributed by atoms with E-state index in [0.717, 1.165) is 37.5 Å². The molecule has 0 radical (unpaired) electrons. The summed E-state index contributed by atoms with van der Waals surface area (Å²) >= 11 is 0. The van der Waals surface area contributed by atoms with Crippen molar-refractivity contribution in [2.75, 3.05) is 13.2 Å². The van der Waals surface area contributed by atoms with Crippen LogP contribution in [0.1, 0.15) is 70.5 Å². The Morgan fingerprint density at radius 1 is 1.38 bits per heavy atom. The summed E-state index contributed by atoms with van der Waals surface area (Å²) in [6, 6.07) is 0.409. The van der Waals surface area contributed by atoms with Crippen molar-refractivity contribution in [3.05, 3.63) is 11.7 Å². The van der Waals surface area contributed by atoms with Gasteiger partial charge in [0, 0.05) is 12.6 Å². The Morgan fingerprint density at radius 2 is 2.24 bits per heavy atom. The number of hydrogen-bond acceptors (Lipinski definition) is 5. The standard InChI is InChI=1S/C16H27N3O2/c1-4-20-16(8-5-6-11(2)10-16)15-18-14(21-19-15)13-7-9-17-12(13)3/h11-13,17H,4-10H2,1-3H3. The first-order valence-electron chi connectivity index (χ1n) is 8.36. The molecule has 4 atom stereocenters. The average molecular weight is 293 g/mol. The average Bonchev–Trinajstić information content (AvgIpc) is 3.07. The van der Waals surface area contributed by atoms with E-state index in [-0.39, 0.29) is 5.60 Å². The fraction of sp³-hybridized carbons (Fsp3) is 0.875. The molecule has 1 aliphatic heterocycles. The van der Waals surface area contributed by atoms with Gasteiger partial charge in [-0.2, -0.15) is 4.98 Å². The second-order valence-electron chi connectivity index (χ2n) is 6.72. The first-order valence-corrected chi connectivity index (χ1v) is 8.36. The molecule has 0 bridgehead atoms. The molecule has 0 amide bonds. The lowest BCUT2D eigenvalue weighted by Crippen LogP contribution is -2.36. The van der Waals surface area contributed by atoms with Gasteiger partial charge in [0.15, 0.2) is 0 Å². The molecule has 118 valence electrons. The predicted molar refractivity (Wildman–Crippen MR) is 80.1 cm³/mol. The topological polar surface area (TPSA) is 60.2 Å². The van der Waals surface area contributed by atoms with Gasteiger partial charge in [-0.15, -0.1) is 0 Å². The van der Waals surface area contributed by atoms with Gasteiger partial charge in [-0.05, 0) is 52.0 Å². The van der Waals surface area contributed by atoms with Crippen LogP contribution in [0.4, 0.5) is 0 Å². The Hall–Kier alpha value is -0.940. The highest BCUT2D eigenvalue weighted by Crippen LogP contribution is 2.42. The van der Waals surface area contributed by atoms with E-state index in [9.17, 15) is 0 Å². The lowest BCUT2D eigenvalue weighted by Gasteiger charge is -2.37. The molecule has 21 heavy (non-hydrogen) atoms. The number of aromatic nitrogens is 2. The summed E-state index contributed by atoms with van der Waals surface area (Å²) in [5, 5.41) is 7.74. The number of hydrogen-bond donors (Lipinski definition) is 1. The number of ether oxygens (including phenoxy) is 1. The summed E-state index contributed by atoms with van der Waals surface area (Å²) in [6.45, 7) is 8.24. The molecule has 3 rings (SSSR count). The summed E-state index contributed by atoms with van der Waals surface area (Å²) in [6.07, 6.45) is 5.51. The molecule has 1 aromatic heterocycles. The second kappa shape index (κ2) is 6.05. The quantitative estimate of drug-likeness (QED) is 0.924. The van der Waals surface area contributed by atoms with Crippen molar-refractivity contribution in [1.82, 2.24) is 15.5 Å². The van der Waals surface area contributed by atoms with Crippen LogP contribution in [-0.2, 0) is 10.3 Å². The molecule has 5 nitrogen and oxygen atoms in total. The lowest BCUT2D eigenvalue weighted by atomic mass is 9.78. The molecule has 1 saturated heterocycles. The molecule has 2 heterocycles. The van der Waals surface area contributed by atoms with E-state index in [4.69, 9.17) is 14.2 Å². The minimum absolute atomic E-state index is 0.330. The van der Waals surface area contributed by atoms with Crippen molar-refractivity contribution in [3.8, 4) is 0 Å². The van der Waals surface area contributed by atoms with E-state index in [1.165, 1.54) is 12.8 Å². The minimum atomic E-state index is -0.330. The first kappa shape index (κ1) is 15.0. The normalized spacial score (nSPS) is 37.0. The van der Waals surface area contributed by atoms with Crippen LogP contribution in [-0.4, -0.2) is 29.3 Å². The van der Waals surface area contributed by atoms with Crippen molar-refractivity contribution < 1.29 is 9.26 Å². The second-order valence-corrected chi connectivity index (χ2v) is 6.72. The van der Waals surface area contributed by atoms with Crippen LogP contribution in [0.15, 0.2) is 4.52 Å². The molecular weight excluding hydrogens is 266 g/mol. The molecule has 1 aromatic rings. The highest BCUT2D eigenvalue weighted by molar-refractivity contribution is 5.08. The lowest BCUT2D eigenvalue weighted by molar-refractivity contribution is -0.0891. The third-order valence-corrected chi connectivity index (χ3v) is 5.07. The Morgan fingerprint density at radius 3 is 2.90 bits per heavy atom. The fourth-order valence-corrected chi connectivity index (χ4v) is 3.95. The van der Waals surface area contributed by atoms with E-state index >= 15 is 0 Å². The molecule has 4 unspecified atom stereocenters. The maximum Gasteiger partial charge on any atom is 0.231 e. The fourth-order valence-electron chi connectivity index (χ4n) is 3.95. The van der Waals surface area contributed by atoms with E-state index in [2.05, 4.69) is 24.3 Å². The summed E-state index contributed by atoms with van der Waals surface area (Å²) < 4.78 is 11.7. The Kier molecular flexibility index (Phi) is 4.31. The van der Waals surface area contributed by atoms with Gasteiger partial charge in [0.25, 0.3) is 0 Å². The molecular formula is C16H27N3O2. The van der Waals surface area contributed by atoms with E-state index in [1.54, 1.807) is 0 Å². The van der Waals surface area contributed by atoms with E-state index in [1.807, 2.05) is 6.92 Å². The van der Waals surface area contributed by atoms with Gasteiger partial charge in [-0.3, -0.25) is 0 Å². The van der Waals surface area contributed by atoms with Crippen molar-refractivity contribution in [2.45, 2.75) is 70.4 Å². The zero-order valence-electron chi connectivity index (χ0n) is 13.4. The van der Waals surface area contributed by atoms with Gasteiger partial charge >= 0.3 is 0 Å². The van der Waals surface area contributed by atoms with Crippen LogP contribution in [0.3, 0.4) is 0 Å². The van der Waals surface area contributed by atoms with Crippen molar-refractivity contribution >= 4 is 0 Å². The number of rotatable bonds is 4. The van der Waals surface area contributed by atoms with E-state index < -0.39 is 0 Å². The largest absolute Gasteiger partial charge is 0.367 e. The molecule has 5 heteroatoms. The highest BCUT2D eigenvalue weighted by atomic mass is 16.5. The number of nitrogens with zero attached hydrogens (tertiary/aromatic N) is 2. The predicted octanol–water partition coefficient (Wildman–Crippen LogP) is 2.98. The SMILES string of the molecule is CCOC1(c2noc(C3CCNC3C)n2)CCCC(C)C1. The molecule has 2 fully saturated rings. The Bertz CT molecular complexity index is 472. The summed E-state index contributed by atoms with van der Waals surface area (Å²) in [5.74, 6) is 2.54. The number of nitrogens with one attached hydrogen (secondary N) is 1. The van der Waals surface area contributed by atoms with Gasteiger partial charge in [-0.1, -0.05) is 18.5 Å². The van der Waals surface area contributed by atoms with Crippen LogP contribution >= 0.6 is 0 Å². The van der Waals surface area contributed by atoms with Gasteiger partial charge < -0.3 is 14.6 Å². The van der Waals surface area contributed by atoms with E-state index in [0.29, 0.717) is 24.5 Å². The van der Waals surface area contributed by atoms with Gasteiger partial charge in [0.2, 0.25) is 11.7 Å². The van der Waals surface area contributed by atoms with Gasteiger partial charge in [-0.25, -0.2) is 0 Å². The minimum Gasteiger partial charge on any atom is -0.367 e. The van der Waals surface area contributed by atoms with Crippen LogP contribution < -0.4 is 5.32 Å². The Balaban J connectivity index is 1.85. The zero-order chi connectivity index (χ0) is 14.9. The molecule has 1 saturated carbocycles. The smallest absolute Gasteiger partial charge is 0.231 e. The van der Waals surface area contributed by atoms with Crippen LogP contribution in [0.2, 0.25) is 0 Å². The highest BCUT2D eigenvalue weighted by Gasteiger charge is 2.42. The van der Waals surface area contributed by atoms with Crippen molar-refractivity contribution in [1.29, 1.82) is 0 Å². The summed E-state index contributed by atoms with van der Waals surface area (Å²) in [7, 11) is 0. The molecule has 2 aliphatic rings. The molecule has 1 aliphatic carbocycles. The van der Waals surface area contributed by atoms with Crippen molar-refractivity contribution in [3.63, 3.8) is 0 Å². The third kappa shape index (κ3) is 2.86. The maximum atomic E-state index is 6.13. The van der Waals surface area contributed by atoms with Crippen LogP contribution in [0.25, 0.3) is 0 Å². The molecule has 1 N–H and O–H groups in total. The molecule has 0 spiro atoms. The summed E-state index contributed by atoms with van der Waals surface area (Å²) in [4.78, 5) is 4.75. The first-order chi connectivity index (χ1) is 10.1. The van der Waals surface area contributed by atoms with Gasteiger partial charge in [0.1, 0.15) is 5.60 Å². The maximum absolute atomic E-state index is 6.13. The monoisotopic (exact) mass is 293 g/mol. The molecule has 0 aromatic carbocycles. The van der Waals surface area contributed by atoms with Gasteiger partial charge in [0.05, 0.1) is 5.92 Å².